The molecule has 0 saturated heterocycles. The summed E-state index contributed by atoms with van der Waals surface area (Å²) in [5, 5.41) is 2.98. The van der Waals surface area contributed by atoms with E-state index in [1.165, 1.54) is 21.7 Å². The number of rotatable bonds is 3. The van der Waals surface area contributed by atoms with Crippen molar-refractivity contribution in [3.63, 3.8) is 0 Å². The number of hydrogen-bond donors (Lipinski definition) is 0. The molecule has 0 bridgehead atoms. The summed E-state index contributed by atoms with van der Waals surface area (Å²) in [7, 11) is -0.242. The van der Waals surface area contributed by atoms with Crippen molar-refractivity contribution in [1.82, 2.24) is 0 Å². The molecule has 0 unspecified atom stereocenters. The molecule has 0 saturated carbocycles. The molecule has 2 rings (SSSR count). The van der Waals surface area contributed by atoms with E-state index >= 15 is 0 Å². The molecule has 0 fully saturated rings. The molecule has 0 aromatic heterocycles. The van der Waals surface area contributed by atoms with E-state index in [1.54, 1.807) is 0 Å². The Morgan fingerprint density at radius 3 is 1.56 bits per heavy atom. The van der Waals surface area contributed by atoms with Crippen molar-refractivity contribution in [3.8, 4) is 0 Å². The molecule has 0 aliphatic heterocycles. The Kier molecular flexibility index (Phi) is 4.19. The highest BCUT2D eigenvalue weighted by Gasteiger charge is 2.17. The predicted octanol–water partition coefficient (Wildman–Crippen LogP) is 4.14. The molecular weight excluding hydrogens is 235 g/mol. The first kappa shape index (κ1) is 13.3. The normalized spacial score (nSPS) is 11.2. The van der Waals surface area contributed by atoms with E-state index in [-0.39, 0.29) is 7.92 Å². The van der Waals surface area contributed by atoms with Gasteiger partial charge in [0.25, 0.3) is 0 Å². The SMILES string of the molecule is Cc1cccc(P(c2cccc(C)c2)C(C)C)c1. The molecule has 0 atom stereocenters. The highest BCUT2D eigenvalue weighted by Crippen LogP contribution is 2.39. The van der Waals surface area contributed by atoms with E-state index in [0.717, 1.165) is 0 Å². The molecule has 2 aromatic carbocycles. The largest absolute Gasteiger partial charge is 0.0614 e. The van der Waals surface area contributed by atoms with Crippen LogP contribution >= 0.6 is 7.92 Å². The third kappa shape index (κ3) is 3.00. The van der Waals surface area contributed by atoms with E-state index < -0.39 is 0 Å². The molecule has 94 valence electrons. The van der Waals surface area contributed by atoms with Crippen molar-refractivity contribution >= 4 is 18.5 Å². The first-order valence-corrected chi connectivity index (χ1v) is 7.91. The minimum Gasteiger partial charge on any atom is -0.0614 e. The van der Waals surface area contributed by atoms with E-state index in [9.17, 15) is 0 Å². The molecule has 0 aliphatic rings. The third-order valence-corrected chi connectivity index (χ3v) is 5.78. The smallest absolute Gasteiger partial charge is 0.0186 e. The summed E-state index contributed by atoms with van der Waals surface area (Å²) in [6.45, 7) is 9.01. The van der Waals surface area contributed by atoms with Crippen LogP contribution in [0.25, 0.3) is 0 Å². The zero-order chi connectivity index (χ0) is 13.1. The summed E-state index contributed by atoms with van der Waals surface area (Å²) in [5.41, 5.74) is 3.38. The predicted molar refractivity (Wildman–Crippen MR) is 83.7 cm³/mol. The van der Waals surface area contributed by atoms with Gasteiger partial charge in [-0.1, -0.05) is 73.5 Å². The zero-order valence-electron chi connectivity index (χ0n) is 11.6. The second kappa shape index (κ2) is 5.67. The minimum absolute atomic E-state index is 0.242. The van der Waals surface area contributed by atoms with Crippen LogP contribution < -0.4 is 10.6 Å². The first-order valence-electron chi connectivity index (χ1n) is 6.50. The van der Waals surface area contributed by atoms with Crippen molar-refractivity contribution in [3.05, 3.63) is 59.7 Å². The van der Waals surface area contributed by atoms with Gasteiger partial charge in [-0.25, -0.2) is 0 Å². The molecule has 0 nitrogen and oxygen atoms in total. The third-order valence-electron chi connectivity index (χ3n) is 3.08. The molecule has 0 spiro atoms. The number of benzene rings is 2. The Labute approximate surface area is 112 Å². The Morgan fingerprint density at radius 1 is 0.778 bits per heavy atom. The average molecular weight is 256 g/mol. The molecule has 0 amide bonds. The highest BCUT2D eigenvalue weighted by molar-refractivity contribution is 7.73. The van der Waals surface area contributed by atoms with E-state index in [2.05, 4.69) is 76.2 Å². The molecule has 2 aromatic rings. The molecule has 0 aliphatic carbocycles. The lowest BCUT2D eigenvalue weighted by atomic mass is 10.2. The van der Waals surface area contributed by atoms with Crippen LogP contribution in [0, 0.1) is 13.8 Å². The molecule has 0 N–H and O–H groups in total. The van der Waals surface area contributed by atoms with Crippen LogP contribution in [0.4, 0.5) is 0 Å². The van der Waals surface area contributed by atoms with Crippen LogP contribution in [0.1, 0.15) is 25.0 Å². The van der Waals surface area contributed by atoms with Crippen molar-refractivity contribution < 1.29 is 0 Å². The van der Waals surface area contributed by atoms with Gasteiger partial charge in [-0.05, 0) is 38.0 Å². The van der Waals surface area contributed by atoms with Crippen LogP contribution in [0.5, 0.6) is 0 Å². The van der Waals surface area contributed by atoms with Crippen LogP contribution in [-0.4, -0.2) is 5.66 Å². The maximum absolute atomic E-state index is 2.34. The fraction of sp³-hybridized carbons (Fsp3) is 0.294. The van der Waals surface area contributed by atoms with Crippen molar-refractivity contribution in [1.29, 1.82) is 0 Å². The highest BCUT2D eigenvalue weighted by atomic mass is 31.1. The number of aryl methyl sites for hydroxylation is 2. The summed E-state index contributed by atoms with van der Waals surface area (Å²) in [6, 6.07) is 17.9. The van der Waals surface area contributed by atoms with Gasteiger partial charge in [-0.3, -0.25) is 0 Å². The van der Waals surface area contributed by atoms with Gasteiger partial charge in [0.1, 0.15) is 0 Å². The molecule has 0 radical (unpaired) electrons. The van der Waals surface area contributed by atoms with Gasteiger partial charge in [0, 0.05) is 0 Å². The molecule has 18 heavy (non-hydrogen) atoms. The summed E-state index contributed by atoms with van der Waals surface area (Å²) in [6.07, 6.45) is 0. The van der Waals surface area contributed by atoms with E-state index in [4.69, 9.17) is 0 Å². The van der Waals surface area contributed by atoms with Crippen molar-refractivity contribution in [2.45, 2.75) is 33.4 Å². The monoisotopic (exact) mass is 256 g/mol. The van der Waals surface area contributed by atoms with Gasteiger partial charge < -0.3 is 0 Å². The van der Waals surface area contributed by atoms with Gasteiger partial charge in [-0.2, -0.15) is 0 Å². The van der Waals surface area contributed by atoms with E-state index in [0.29, 0.717) is 5.66 Å². The molecule has 1 heteroatoms. The lowest BCUT2D eigenvalue weighted by Crippen LogP contribution is -2.18. The number of hydrogen-bond acceptors (Lipinski definition) is 0. The van der Waals surface area contributed by atoms with Gasteiger partial charge in [0.05, 0.1) is 0 Å². The maximum atomic E-state index is 2.34. The van der Waals surface area contributed by atoms with Gasteiger partial charge in [-0.15, -0.1) is 0 Å². The van der Waals surface area contributed by atoms with E-state index in [1.807, 2.05) is 0 Å². The van der Waals surface area contributed by atoms with Gasteiger partial charge in [0.15, 0.2) is 0 Å². The summed E-state index contributed by atoms with van der Waals surface area (Å²) >= 11 is 0. The van der Waals surface area contributed by atoms with Crippen LogP contribution in [-0.2, 0) is 0 Å². The van der Waals surface area contributed by atoms with Crippen molar-refractivity contribution in [2.75, 3.05) is 0 Å². The quantitative estimate of drug-likeness (QED) is 0.724. The fourth-order valence-corrected chi connectivity index (χ4v) is 4.97. The standard InChI is InChI=1S/C17H21P/c1-13(2)18(16-9-5-7-14(3)11-16)17-10-6-8-15(4)12-17/h5-13H,1-4H3. The minimum atomic E-state index is -0.242. The fourth-order valence-electron chi connectivity index (χ4n) is 2.30. The van der Waals surface area contributed by atoms with Crippen molar-refractivity contribution in [2.24, 2.45) is 0 Å². The summed E-state index contributed by atoms with van der Waals surface area (Å²) in [4.78, 5) is 0. The topological polar surface area (TPSA) is 0 Å². The van der Waals surface area contributed by atoms with Crippen LogP contribution in [0.2, 0.25) is 0 Å². The van der Waals surface area contributed by atoms with Crippen LogP contribution in [0.3, 0.4) is 0 Å². The Hall–Kier alpha value is -1.13. The Balaban J connectivity index is 2.46. The Bertz CT molecular complexity index is 483. The second-order valence-electron chi connectivity index (χ2n) is 5.14. The van der Waals surface area contributed by atoms with Gasteiger partial charge >= 0.3 is 0 Å². The summed E-state index contributed by atoms with van der Waals surface area (Å²) < 4.78 is 0. The molecular formula is C17H21P. The second-order valence-corrected chi connectivity index (χ2v) is 7.95. The average Bonchev–Trinajstić information content (AvgIpc) is 2.28. The lowest BCUT2D eigenvalue weighted by molar-refractivity contribution is 1.10. The zero-order valence-corrected chi connectivity index (χ0v) is 12.5. The molecule has 0 heterocycles. The first-order chi connectivity index (χ1) is 8.58. The van der Waals surface area contributed by atoms with Gasteiger partial charge in [0.2, 0.25) is 0 Å². The summed E-state index contributed by atoms with van der Waals surface area (Å²) in [5.74, 6) is 0. The Morgan fingerprint density at radius 2 is 1.22 bits per heavy atom. The maximum Gasteiger partial charge on any atom is -0.0186 e. The van der Waals surface area contributed by atoms with Crippen LogP contribution in [0.15, 0.2) is 48.5 Å². The lowest BCUT2D eigenvalue weighted by Gasteiger charge is -2.23.